The van der Waals surface area contributed by atoms with E-state index in [1.807, 2.05) is 25.7 Å². The first-order chi connectivity index (χ1) is 18.2. The van der Waals surface area contributed by atoms with Crippen molar-refractivity contribution in [3.8, 4) is 16.1 Å². The number of aromatic nitrogens is 3. The lowest BCUT2D eigenvalue weighted by molar-refractivity contribution is -0.126. The Hall–Kier alpha value is -3.56. The molecule has 2 aromatic carbocycles. The molecule has 0 N–H and O–H groups in total. The van der Waals surface area contributed by atoms with Crippen molar-refractivity contribution in [3.63, 3.8) is 0 Å². The summed E-state index contributed by atoms with van der Waals surface area (Å²) in [5.41, 5.74) is 3.41. The van der Waals surface area contributed by atoms with E-state index >= 15 is 0 Å². The summed E-state index contributed by atoms with van der Waals surface area (Å²) in [5.74, 6) is 0.0201. The summed E-state index contributed by atoms with van der Waals surface area (Å²) in [6.07, 6.45) is 1.31. The third kappa shape index (κ3) is 4.50. The Morgan fingerprint density at radius 1 is 1.24 bits per heavy atom. The molecule has 10 heteroatoms. The summed E-state index contributed by atoms with van der Waals surface area (Å²) in [6.45, 7) is 11.0. The van der Waals surface area contributed by atoms with Crippen molar-refractivity contribution in [2.75, 3.05) is 24.5 Å². The van der Waals surface area contributed by atoms with E-state index in [4.69, 9.17) is 11.6 Å². The molecule has 5 rings (SSSR count). The van der Waals surface area contributed by atoms with E-state index < -0.39 is 11.5 Å². The molecule has 1 aliphatic rings. The number of benzene rings is 2. The summed E-state index contributed by atoms with van der Waals surface area (Å²) in [5, 5.41) is 1.68. The smallest absolute Gasteiger partial charge is 0.350 e. The third-order valence-electron chi connectivity index (χ3n) is 6.84. The zero-order chi connectivity index (χ0) is 27.1. The number of halogens is 2. The van der Waals surface area contributed by atoms with Crippen LogP contribution in [0.15, 0.2) is 59.4 Å². The van der Waals surface area contributed by atoms with Crippen LogP contribution in [0.2, 0.25) is 5.02 Å². The molecule has 38 heavy (non-hydrogen) atoms. The van der Waals surface area contributed by atoms with Gasteiger partial charge in [0.1, 0.15) is 16.6 Å². The summed E-state index contributed by atoms with van der Waals surface area (Å²) in [6, 6.07) is 9.81. The fourth-order valence-corrected chi connectivity index (χ4v) is 6.17. The number of hydrogen-bond donors (Lipinski definition) is 0. The molecule has 0 spiro atoms. The van der Waals surface area contributed by atoms with Gasteiger partial charge in [0, 0.05) is 47.2 Å². The van der Waals surface area contributed by atoms with E-state index in [1.165, 1.54) is 23.5 Å². The zero-order valence-corrected chi connectivity index (χ0v) is 22.9. The van der Waals surface area contributed by atoms with Crippen LogP contribution < -0.4 is 10.6 Å². The average Bonchev–Trinajstić information content (AvgIpc) is 3.38. The van der Waals surface area contributed by atoms with Crippen LogP contribution in [-0.4, -0.2) is 51.0 Å². The summed E-state index contributed by atoms with van der Waals surface area (Å²) < 4.78 is 16.4. The number of fused-ring (bicyclic) bond motifs is 1. The summed E-state index contributed by atoms with van der Waals surface area (Å²) >= 11 is 8.12. The van der Waals surface area contributed by atoms with Crippen molar-refractivity contribution in [2.45, 2.75) is 32.7 Å². The molecule has 0 bridgehead atoms. The van der Waals surface area contributed by atoms with Gasteiger partial charge in [0.25, 0.3) is 0 Å². The number of nitrogens with zero attached hydrogens (tertiary/aromatic N) is 5. The zero-order valence-electron chi connectivity index (χ0n) is 21.3. The highest BCUT2D eigenvalue weighted by Gasteiger charge is 2.30. The van der Waals surface area contributed by atoms with Gasteiger partial charge in [-0.25, -0.2) is 18.7 Å². The second kappa shape index (κ2) is 10.3. The number of amides is 1. The molecule has 4 aromatic rings. The van der Waals surface area contributed by atoms with Crippen molar-refractivity contribution in [2.24, 2.45) is 0 Å². The van der Waals surface area contributed by atoms with Gasteiger partial charge < -0.3 is 9.80 Å². The van der Waals surface area contributed by atoms with Gasteiger partial charge in [0.05, 0.1) is 16.7 Å². The van der Waals surface area contributed by atoms with Crippen LogP contribution >= 0.6 is 22.9 Å². The Morgan fingerprint density at radius 2 is 2.00 bits per heavy atom. The number of carbonyl (C=O) groups is 1. The van der Waals surface area contributed by atoms with Gasteiger partial charge in [-0.2, -0.15) is 4.98 Å². The van der Waals surface area contributed by atoms with E-state index in [2.05, 4.69) is 16.5 Å². The van der Waals surface area contributed by atoms with E-state index in [1.54, 1.807) is 45.3 Å². The fraction of sp³-hybridized carbons (Fsp3) is 0.286. The van der Waals surface area contributed by atoms with Gasteiger partial charge in [0.2, 0.25) is 5.91 Å². The van der Waals surface area contributed by atoms with E-state index in [0.29, 0.717) is 57.5 Å². The Kier molecular flexibility index (Phi) is 7.07. The molecule has 0 aliphatic carbocycles. The van der Waals surface area contributed by atoms with E-state index in [9.17, 15) is 14.0 Å². The molecule has 1 amide bonds. The van der Waals surface area contributed by atoms with Crippen molar-refractivity contribution in [1.82, 2.24) is 19.4 Å². The van der Waals surface area contributed by atoms with Crippen molar-refractivity contribution < 1.29 is 9.18 Å². The second-order valence-corrected chi connectivity index (χ2v) is 10.9. The van der Waals surface area contributed by atoms with Crippen molar-refractivity contribution in [1.29, 1.82) is 0 Å². The van der Waals surface area contributed by atoms with Gasteiger partial charge in [-0.1, -0.05) is 50.2 Å². The molecule has 0 radical (unpaired) electrons. The average molecular weight is 552 g/mol. The topological polar surface area (TPSA) is 71.3 Å². The van der Waals surface area contributed by atoms with Crippen LogP contribution in [0.25, 0.3) is 27.0 Å². The first-order valence-electron chi connectivity index (χ1n) is 12.3. The summed E-state index contributed by atoms with van der Waals surface area (Å²) in [4.78, 5) is 38.7. The lowest BCUT2D eigenvalue weighted by Crippen LogP contribution is -2.54. The highest BCUT2D eigenvalue weighted by molar-refractivity contribution is 7.12. The Bertz CT molecular complexity index is 1610. The quantitative estimate of drug-likeness (QED) is 0.300. The minimum absolute atomic E-state index is 0.0757. The normalized spacial score (nSPS) is 15.9. The van der Waals surface area contributed by atoms with E-state index in [-0.39, 0.29) is 17.9 Å². The third-order valence-corrected chi connectivity index (χ3v) is 7.97. The fourth-order valence-electron chi connectivity index (χ4n) is 4.94. The minimum atomic E-state index is -0.461. The molecule has 2 aromatic heterocycles. The Morgan fingerprint density at radius 3 is 2.68 bits per heavy atom. The monoisotopic (exact) mass is 551 g/mol. The lowest BCUT2D eigenvalue weighted by Gasteiger charge is -2.40. The van der Waals surface area contributed by atoms with Crippen LogP contribution in [0.4, 0.5) is 10.2 Å². The maximum Gasteiger partial charge on any atom is 0.355 e. The highest BCUT2D eigenvalue weighted by atomic mass is 35.5. The molecular weight excluding hydrogens is 525 g/mol. The van der Waals surface area contributed by atoms with Crippen LogP contribution in [0.3, 0.4) is 0 Å². The van der Waals surface area contributed by atoms with Crippen LogP contribution in [0.1, 0.15) is 32.4 Å². The van der Waals surface area contributed by atoms with Crippen LogP contribution in [0.5, 0.6) is 0 Å². The SMILES string of the molecule is C=CC(=O)N1CCN(c2nc(=O)n(-c3scnc3C(C)C)c3cc(-c4ccccc4F)c(Cl)cc23)C(C)C1. The molecular formula is C28H27ClFN5O2S. The number of rotatable bonds is 5. The molecule has 196 valence electrons. The molecule has 1 unspecified atom stereocenters. The molecule has 0 saturated carbocycles. The summed E-state index contributed by atoms with van der Waals surface area (Å²) in [7, 11) is 0. The molecule has 1 fully saturated rings. The van der Waals surface area contributed by atoms with Crippen LogP contribution in [0, 0.1) is 5.82 Å². The number of carbonyl (C=O) groups excluding carboxylic acids is 1. The van der Waals surface area contributed by atoms with Gasteiger partial charge in [-0.15, -0.1) is 11.3 Å². The van der Waals surface area contributed by atoms with Gasteiger partial charge in [0.15, 0.2) is 0 Å². The van der Waals surface area contributed by atoms with E-state index in [0.717, 1.165) is 5.69 Å². The molecule has 1 aliphatic heterocycles. The van der Waals surface area contributed by atoms with Gasteiger partial charge >= 0.3 is 5.69 Å². The van der Waals surface area contributed by atoms with Crippen molar-refractivity contribution >= 4 is 45.6 Å². The van der Waals surface area contributed by atoms with Crippen molar-refractivity contribution in [3.05, 3.63) is 81.6 Å². The van der Waals surface area contributed by atoms with Gasteiger partial charge in [-0.05, 0) is 37.1 Å². The second-order valence-electron chi connectivity index (χ2n) is 9.61. The Labute approximate surface area is 228 Å². The lowest BCUT2D eigenvalue weighted by atomic mass is 10.0. The molecule has 1 atom stereocenters. The maximum absolute atomic E-state index is 14.8. The number of thiazole rings is 1. The highest BCUT2D eigenvalue weighted by Crippen LogP contribution is 2.38. The molecule has 1 saturated heterocycles. The Balaban J connectivity index is 1.76. The molecule has 3 heterocycles. The first kappa shape index (κ1) is 26.1. The maximum atomic E-state index is 14.8. The predicted octanol–water partition coefficient (Wildman–Crippen LogP) is 5.65. The van der Waals surface area contributed by atoms with Crippen LogP contribution in [-0.2, 0) is 4.79 Å². The number of piperazine rings is 1. The molecule has 7 nitrogen and oxygen atoms in total. The first-order valence-corrected chi connectivity index (χ1v) is 13.6. The van der Waals surface area contributed by atoms with Gasteiger partial charge in [-0.3, -0.25) is 4.79 Å². The predicted molar refractivity (Wildman–Crippen MR) is 151 cm³/mol. The minimum Gasteiger partial charge on any atom is -0.350 e. The largest absolute Gasteiger partial charge is 0.355 e. The standard InChI is InChI=1S/C28H27ClFN5O2S/c1-5-24(36)33-10-11-34(17(4)14-33)26-20-12-21(29)19(18-8-6-7-9-22(18)30)13-23(20)35(28(37)32-26)27-25(16(2)3)31-15-38-27/h5-9,12-13,15-17H,1,10-11,14H2,2-4H3. The number of anilines is 1. The number of hydrogen-bond acceptors (Lipinski definition) is 6.